The van der Waals surface area contributed by atoms with Crippen LogP contribution in [0.25, 0.3) is 17.0 Å². The highest BCUT2D eigenvalue weighted by Gasteiger charge is 2.33. The van der Waals surface area contributed by atoms with Crippen LogP contribution in [0.1, 0.15) is 37.9 Å². The fourth-order valence-electron chi connectivity index (χ4n) is 4.78. The van der Waals surface area contributed by atoms with Crippen LogP contribution in [0, 0.1) is 0 Å². The number of para-hydroxylation sites is 1. The fraction of sp³-hybridized carbons (Fsp3) is 0.233. The van der Waals surface area contributed by atoms with Crippen molar-refractivity contribution in [3.05, 3.63) is 109 Å². The number of rotatable bonds is 7. The van der Waals surface area contributed by atoms with Crippen molar-refractivity contribution >= 4 is 46.0 Å². The number of allylic oxidation sites excluding steroid dienone is 2. The van der Waals surface area contributed by atoms with E-state index in [4.69, 9.17) is 9.73 Å². The number of carbonyl (C=O) groups excluding carboxylic acids is 1. The molecule has 0 radical (unpaired) electrons. The SMILES string of the molecule is C=CCn1cc(/C=c2\sc3n(c2=O)[C@H](c2ccc(SC)cc2)C(C(=O)OC(C)C)=C(C)N=3)c2ccccc21. The number of thiazole rings is 1. The summed E-state index contributed by atoms with van der Waals surface area (Å²) in [7, 11) is 0. The predicted molar refractivity (Wildman–Crippen MR) is 155 cm³/mol. The highest BCUT2D eigenvalue weighted by atomic mass is 32.2. The topological polar surface area (TPSA) is 65.6 Å². The lowest BCUT2D eigenvalue weighted by atomic mass is 9.96. The van der Waals surface area contributed by atoms with E-state index in [1.54, 1.807) is 23.3 Å². The summed E-state index contributed by atoms with van der Waals surface area (Å²) in [6.07, 6.45) is 7.54. The molecule has 5 rings (SSSR count). The Morgan fingerprint density at radius 3 is 2.63 bits per heavy atom. The van der Waals surface area contributed by atoms with E-state index in [-0.39, 0.29) is 11.7 Å². The van der Waals surface area contributed by atoms with Gasteiger partial charge in [-0.05, 0) is 56.9 Å². The van der Waals surface area contributed by atoms with E-state index in [0.29, 0.717) is 27.1 Å². The van der Waals surface area contributed by atoms with Crippen LogP contribution in [0.2, 0.25) is 0 Å². The zero-order chi connectivity index (χ0) is 27.0. The number of thioether (sulfide) groups is 1. The number of esters is 1. The van der Waals surface area contributed by atoms with Gasteiger partial charge in [-0.15, -0.1) is 18.3 Å². The van der Waals surface area contributed by atoms with Crippen molar-refractivity contribution in [2.24, 2.45) is 4.99 Å². The Balaban J connectivity index is 1.72. The second kappa shape index (κ2) is 10.6. The van der Waals surface area contributed by atoms with Crippen LogP contribution in [0.15, 0.2) is 93.3 Å². The van der Waals surface area contributed by atoms with E-state index in [1.165, 1.54) is 11.3 Å². The zero-order valence-corrected chi connectivity index (χ0v) is 23.4. The highest BCUT2D eigenvalue weighted by molar-refractivity contribution is 7.98. The number of benzene rings is 2. The van der Waals surface area contributed by atoms with Gasteiger partial charge in [-0.1, -0.05) is 47.7 Å². The number of ether oxygens (including phenoxy) is 1. The molecule has 0 spiro atoms. The van der Waals surface area contributed by atoms with Crippen LogP contribution in [0.4, 0.5) is 0 Å². The highest BCUT2D eigenvalue weighted by Crippen LogP contribution is 2.32. The zero-order valence-electron chi connectivity index (χ0n) is 21.8. The molecule has 194 valence electrons. The lowest BCUT2D eigenvalue weighted by molar-refractivity contribution is -0.143. The summed E-state index contributed by atoms with van der Waals surface area (Å²) >= 11 is 2.97. The van der Waals surface area contributed by atoms with Crippen molar-refractivity contribution in [3.63, 3.8) is 0 Å². The molecule has 4 aromatic rings. The van der Waals surface area contributed by atoms with Crippen LogP contribution < -0.4 is 14.9 Å². The largest absolute Gasteiger partial charge is 0.459 e. The summed E-state index contributed by atoms with van der Waals surface area (Å²) in [6.45, 7) is 9.97. The summed E-state index contributed by atoms with van der Waals surface area (Å²) < 4.78 is 9.91. The first-order valence-corrected chi connectivity index (χ1v) is 14.4. The van der Waals surface area contributed by atoms with Crippen LogP contribution >= 0.6 is 23.1 Å². The van der Waals surface area contributed by atoms with E-state index in [2.05, 4.69) is 23.3 Å². The normalized spacial score (nSPS) is 15.6. The van der Waals surface area contributed by atoms with Gasteiger partial charge in [0.25, 0.3) is 5.56 Å². The first kappa shape index (κ1) is 26.0. The van der Waals surface area contributed by atoms with Gasteiger partial charge < -0.3 is 9.30 Å². The quantitative estimate of drug-likeness (QED) is 0.186. The summed E-state index contributed by atoms with van der Waals surface area (Å²) in [5.74, 6) is -0.457. The maximum absolute atomic E-state index is 14.0. The van der Waals surface area contributed by atoms with E-state index in [1.807, 2.05) is 74.9 Å². The summed E-state index contributed by atoms with van der Waals surface area (Å²) in [6, 6.07) is 15.4. The monoisotopic (exact) mass is 543 g/mol. The van der Waals surface area contributed by atoms with Crippen LogP contribution in [-0.4, -0.2) is 27.5 Å². The predicted octanol–water partition coefficient (Wildman–Crippen LogP) is 5.05. The van der Waals surface area contributed by atoms with Gasteiger partial charge in [-0.3, -0.25) is 9.36 Å². The standard InChI is InChI=1S/C30H29N3O3S2/c1-6-15-32-17-21(23-9-7-8-10-24(23)32)16-25-28(34)33-27(20-11-13-22(37-5)14-12-20)26(29(35)36-18(2)3)19(4)31-30(33)38-25/h6-14,16-18,27H,1,15H2,2-5H3/b25-16-/t27-/m1/s1. The fourth-order valence-corrected chi connectivity index (χ4v) is 6.23. The van der Waals surface area contributed by atoms with Crippen molar-refractivity contribution < 1.29 is 9.53 Å². The van der Waals surface area contributed by atoms with Crippen LogP contribution in [0.5, 0.6) is 0 Å². The van der Waals surface area contributed by atoms with E-state index < -0.39 is 12.0 Å². The van der Waals surface area contributed by atoms with Crippen molar-refractivity contribution in [2.75, 3.05) is 6.26 Å². The van der Waals surface area contributed by atoms with Crippen molar-refractivity contribution in [2.45, 2.75) is 44.4 Å². The average Bonchev–Trinajstić information content (AvgIpc) is 3.40. The Labute approximate surface area is 229 Å². The van der Waals surface area contributed by atoms with Crippen molar-refractivity contribution in [1.82, 2.24) is 9.13 Å². The maximum Gasteiger partial charge on any atom is 0.338 e. The minimum atomic E-state index is -0.627. The number of fused-ring (bicyclic) bond motifs is 2. The lowest BCUT2D eigenvalue weighted by Gasteiger charge is -2.25. The van der Waals surface area contributed by atoms with E-state index in [0.717, 1.165) is 26.9 Å². The Bertz CT molecular complexity index is 1750. The molecule has 2 aromatic carbocycles. The minimum Gasteiger partial charge on any atom is -0.459 e. The second-order valence-corrected chi connectivity index (χ2v) is 11.2. The molecule has 1 aliphatic rings. The third kappa shape index (κ3) is 4.70. The minimum absolute atomic E-state index is 0.185. The van der Waals surface area contributed by atoms with E-state index in [9.17, 15) is 9.59 Å². The molecule has 0 aliphatic carbocycles. The van der Waals surface area contributed by atoms with Crippen LogP contribution in [0.3, 0.4) is 0 Å². The number of nitrogens with zero attached hydrogens (tertiary/aromatic N) is 3. The molecule has 0 bridgehead atoms. The van der Waals surface area contributed by atoms with Crippen LogP contribution in [-0.2, 0) is 16.1 Å². The third-order valence-corrected chi connectivity index (χ3v) is 8.17. The molecule has 1 aliphatic heterocycles. The summed E-state index contributed by atoms with van der Waals surface area (Å²) in [5.41, 5.74) is 3.62. The van der Waals surface area contributed by atoms with Gasteiger partial charge in [-0.2, -0.15) is 0 Å². The van der Waals surface area contributed by atoms with Gasteiger partial charge in [0, 0.05) is 34.1 Å². The first-order chi connectivity index (χ1) is 18.3. The molecule has 8 heteroatoms. The Hall–Kier alpha value is -3.62. The van der Waals surface area contributed by atoms with Crippen molar-refractivity contribution in [1.29, 1.82) is 0 Å². The Morgan fingerprint density at radius 1 is 1.21 bits per heavy atom. The molecular formula is C30H29N3O3S2. The molecule has 0 amide bonds. The molecule has 0 saturated carbocycles. The summed E-state index contributed by atoms with van der Waals surface area (Å²) in [5, 5.41) is 1.06. The van der Waals surface area contributed by atoms with Gasteiger partial charge in [0.2, 0.25) is 0 Å². The Morgan fingerprint density at radius 2 is 1.95 bits per heavy atom. The molecule has 0 unspecified atom stereocenters. The molecule has 3 heterocycles. The molecule has 1 atom stereocenters. The molecule has 0 N–H and O–H groups in total. The van der Waals surface area contributed by atoms with Gasteiger partial charge in [0.05, 0.1) is 27.9 Å². The van der Waals surface area contributed by atoms with Gasteiger partial charge in [-0.25, -0.2) is 9.79 Å². The molecular weight excluding hydrogens is 514 g/mol. The second-order valence-electron chi connectivity index (χ2n) is 9.35. The number of hydrogen-bond donors (Lipinski definition) is 0. The van der Waals surface area contributed by atoms with Crippen molar-refractivity contribution in [3.8, 4) is 0 Å². The maximum atomic E-state index is 14.0. The number of carbonyl (C=O) groups is 1. The third-order valence-electron chi connectivity index (χ3n) is 6.45. The molecule has 38 heavy (non-hydrogen) atoms. The Kier molecular flexibility index (Phi) is 7.27. The number of hydrogen-bond acceptors (Lipinski definition) is 6. The lowest BCUT2D eigenvalue weighted by Crippen LogP contribution is -2.40. The molecule has 0 saturated heterocycles. The average molecular weight is 544 g/mol. The molecule has 0 fully saturated rings. The smallest absolute Gasteiger partial charge is 0.338 e. The molecule has 2 aromatic heterocycles. The summed E-state index contributed by atoms with van der Waals surface area (Å²) in [4.78, 5) is 33.6. The van der Waals surface area contributed by atoms with Gasteiger partial charge in [0.15, 0.2) is 4.80 Å². The number of aromatic nitrogens is 2. The van der Waals surface area contributed by atoms with E-state index >= 15 is 0 Å². The van der Waals surface area contributed by atoms with Gasteiger partial charge >= 0.3 is 5.97 Å². The van der Waals surface area contributed by atoms with Gasteiger partial charge in [0.1, 0.15) is 0 Å². The molecule has 6 nitrogen and oxygen atoms in total. The first-order valence-electron chi connectivity index (χ1n) is 12.4.